The van der Waals surface area contributed by atoms with E-state index in [1.807, 2.05) is 97.1 Å². The van der Waals surface area contributed by atoms with Crippen LogP contribution in [-0.4, -0.2) is 169 Å². The quantitative estimate of drug-likeness (QED) is 0.0105. The highest BCUT2D eigenvalue weighted by molar-refractivity contribution is 14.1. The number of pyridine rings is 2. The summed E-state index contributed by atoms with van der Waals surface area (Å²) in [6.45, 7) is 14.2. The van der Waals surface area contributed by atoms with Gasteiger partial charge in [0.2, 0.25) is 31.5 Å². The zero-order chi connectivity index (χ0) is 83.9. The number of halogens is 1. The molecule has 4 saturated carbocycles. The van der Waals surface area contributed by atoms with E-state index in [9.17, 15) is 46.2 Å². The highest BCUT2D eigenvalue weighted by Crippen LogP contribution is 2.57. The van der Waals surface area contributed by atoms with Crippen molar-refractivity contribution in [3.63, 3.8) is 0 Å². The lowest BCUT2D eigenvalue weighted by Gasteiger charge is -2.39. The molecule has 4 aromatic carbocycles. The van der Waals surface area contributed by atoms with Crippen LogP contribution in [0.4, 0.5) is 11.6 Å². The summed E-state index contributed by atoms with van der Waals surface area (Å²) in [6, 6.07) is 33.9. The number of benzene rings is 4. The highest BCUT2D eigenvalue weighted by atomic mass is 127. The van der Waals surface area contributed by atoms with Gasteiger partial charge in [-0.25, -0.2) is 16.8 Å². The minimum absolute atomic E-state index is 0.0110. The van der Waals surface area contributed by atoms with Gasteiger partial charge in [0.05, 0.1) is 94.0 Å². The fourth-order valence-electron chi connectivity index (χ4n) is 14.8. The number of anilines is 2. The normalized spacial score (nSPS) is 15.4. The minimum atomic E-state index is -3.78. The summed E-state index contributed by atoms with van der Waals surface area (Å²) in [4.78, 5) is 59.7. The van der Waals surface area contributed by atoms with E-state index in [0.29, 0.717) is 48.1 Å². The first-order valence-electron chi connectivity index (χ1n) is 39.9. The number of nitrogens with one attached hydrogen (secondary N) is 2. The molecule has 4 aliphatic rings. The molecule has 6 N–H and O–H groups in total. The van der Waals surface area contributed by atoms with Crippen LogP contribution in [0.1, 0.15) is 200 Å². The Balaban J connectivity index is 0.000000192. The molecule has 4 heterocycles. The fourth-order valence-corrected chi connectivity index (χ4v) is 21.5. The molecule has 2 unspecified atom stereocenters. The van der Waals surface area contributed by atoms with E-state index in [2.05, 4.69) is 52.0 Å². The monoisotopic (exact) mass is 1750 g/mol. The SMILES string of the molecule is CCOC(=O)C(C)(C)C(O)CCCN(c1nc2oc(-c3ccc(C)cc3)c(C(=O)NC)c2cc1C1CC1)S(C)(=O)=O.CCOC(=O)C(C)(C)C(O)CCCN(c1nc2oc(-c3ccc(C)cc3)c(C(=O)NC)c2cc1I)S(C)(=O)=O.COc1cccc(OC)c1-c1ccccc1P(C1CCCCC1)C1CCCCC1.OB(O)C1CC1. The van der Waals surface area contributed by atoms with Crippen molar-refractivity contribution in [2.45, 2.75) is 206 Å². The number of carbonyl (C=O) groups is 4. The average Bonchev–Trinajstić information content (AvgIpc) is 1.57. The standard InChI is InChI=1S/C30H39N3O7S.C27H34IN3O7S.C26H35O2P.C3H7BO2/c1-7-39-29(36)30(3,4)23(34)9-8-16-33(41(6,37)38)26-21(19-14-15-19)17-22-24(27(35)31-5)25(40-28(22)32-26)20-12-10-18(2)11-13-20;1-7-37-26(34)27(3,4)20(32)9-8-14-31(39(6,35)36)23-19(28)15-18-21(24(33)29-5)22(38-25(18)30-23)17-12-10-16(2)11-13-17;1-27-23-17-11-18-24(28-2)26(23)22-16-9-10-19-25(22)29(20-12-5-3-6-13-20)21-14-7-4-8-15-21;5-4(6)3-1-2-3/h10-13,17,19,23,34H,7-9,14-16H2,1-6H3,(H,31,35);10-13,15,20,32H,7-9,14H2,1-6H3,(H,29,33);9-11,16-21H,3-8,12-15H2,1-2H3;3,5-6H,1-2H2. The number of carbonyl (C=O) groups excluding carboxylic acids is 4. The largest absolute Gasteiger partial charge is 0.496 e. The number of methoxy groups -OCH3 is 2. The Kier molecular flexibility index (Phi) is 32.2. The molecule has 12 rings (SSSR count). The Labute approximate surface area is 693 Å². The maximum Gasteiger partial charge on any atom is 0.454 e. The number of aliphatic hydroxyl groups excluding tert-OH is 2. The zero-order valence-electron chi connectivity index (χ0n) is 68.8. The number of ether oxygens (including phenoxy) is 4. The van der Waals surface area contributed by atoms with Crippen LogP contribution in [0.2, 0.25) is 5.82 Å². The molecule has 0 spiro atoms. The van der Waals surface area contributed by atoms with E-state index in [4.69, 9.17) is 42.8 Å². The Bertz CT molecular complexity index is 4850. The Morgan fingerprint density at radius 1 is 0.600 bits per heavy atom. The number of esters is 2. The van der Waals surface area contributed by atoms with Crippen molar-refractivity contribution in [2.24, 2.45) is 10.8 Å². The molecule has 4 aliphatic carbocycles. The van der Waals surface area contributed by atoms with Gasteiger partial charge in [-0.2, -0.15) is 9.97 Å². The van der Waals surface area contributed by atoms with Gasteiger partial charge in [-0.3, -0.25) is 27.8 Å². The molecule has 2 amide bonds. The molecule has 24 nitrogen and oxygen atoms in total. The lowest BCUT2D eigenvalue weighted by Crippen LogP contribution is -2.39. The molecule has 2 atom stereocenters. The summed E-state index contributed by atoms with van der Waals surface area (Å²) in [5, 5.41) is 45.8. The van der Waals surface area contributed by atoms with Crippen LogP contribution in [0.3, 0.4) is 0 Å². The second-order valence-corrected chi connectivity index (χ2v) is 39.1. The average molecular weight is 1750 g/mol. The summed E-state index contributed by atoms with van der Waals surface area (Å²) in [5.41, 5.74) is 7.12. The van der Waals surface area contributed by atoms with Gasteiger partial charge in [0.25, 0.3) is 11.8 Å². The Hall–Kier alpha value is -7.70. The van der Waals surface area contributed by atoms with E-state index in [0.717, 1.165) is 87.6 Å². The summed E-state index contributed by atoms with van der Waals surface area (Å²) >= 11 is 1.99. The van der Waals surface area contributed by atoms with Crippen LogP contribution >= 0.6 is 30.5 Å². The van der Waals surface area contributed by atoms with Gasteiger partial charge in [-0.1, -0.05) is 149 Å². The van der Waals surface area contributed by atoms with Gasteiger partial charge < -0.3 is 58.7 Å². The Morgan fingerprint density at radius 3 is 1.40 bits per heavy atom. The number of rotatable bonds is 30. The zero-order valence-corrected chi connectivity index (χ0v) is 73.5. The first-order chi connectivity index (χ1) is 54.6. The molecule has 624 valence electrons. The highest BCUT2D eigenvalue weighted by Gasteiger charge is 2.41. The van der Waals surface area contributed by atoms with Gasteiger partial charge in [0.15, 0.2) is 5.82 Å². The van der Waals surface area contributed by atoms with Crippen LogP contribution in [-0.2, 0) is 39.1 Å². The molecular formula is C86H115BIN6O18PS2. The Morgan fingerprint density at radius 2 is 1.02 bits per heavy atom. The molecule has 0 aliphatic heterocycles. The second kappa shape index (κ2) is 40.6. The molecule has 4 fully saturated rings. The van der Waals surface area contributed by atoms with Crippen LogP contribution in [0.5, 0.6) is 11.5 Å². The second-order valence-electron chi connectivity index (χ2n) is 31.3. The third-order valence-corrected chi connectivity index (χ3v) is 28.6. The lowest BCUT2D eigenvalue weighted by atomic mass is 9.84. The lowest BCUT2D eigenvalue weighted by molar-refractivity contribution is -0.161. The van der Waals surface area contributed by atoms with Gasteiger partial charge in [0.1, 0.15) is 28.8 Å². The number of hydrogen-bond donors (Lipinski definition) is 6. The number of aliphatic hydroxyl groups is 2. The van der Waals surface area contributed by atoms with Gasteiger partial charge in [-0.15, -0.1) is 0 Å². The number of fused-ring (bicyclic) bond motifs is 2. The van der Waals surface area contributed by atoms with E-state index in [1.165, 1.54) is 81.1 Å². The molecule has 0 saturated heterocycles. The summed E-state index contributed by atoms with van der Waals surface area (Å²) in [6.07, 6.45) is 18.9. The number of sulfonamides is 2. The predicted molar refractivity (Wildman–Crippen MR) is 464 cm³/mol. The van der Waals surface area contributed by atoms with Gasteiger partial charge >= 0.3 is 19.1 Å². The van der Waals surface area contributed by atoms with Crippen molar-refractivity contribution in [3.05, 3.63) is 135 Å². The van der Waals surface area contributed by atoms with Crippen molar-refractivity contribution < 1.29 is 84.1 Å². The molecule has 0 radical (unpaired) electrons. The molecule has 4 aromatic heterocycles. The van der Waals surface area contributed by atoms with E-state index < -0.39 is 62.1 Å². The molecule has 115 heavy (non-hydrogen) atoms. The number of aromatic nitrogens is 2. The molecular weight excluding hydrogens is 1640 g/mol. The third kappa shape index (κ3) is 22.8. The number of furan rings is 2. The minimum Gasteiger partial charge on any atom is -0.496 e. The van der Waals surface area contributed by atoms with Crippen LogP contribution < -0.4 is 34.0 Å². The predicted octanol–water partition coefficient (Wildman–Crippen LogP) is 15.6. The van der Waals surface area contributed by atoms with Crippen molar-refractivity contribution in [3.8, 4) is 45.3 Å². The van der Waals surface area contributed by atoms with Crippen molar-refractivity contribution in [1.82, 2.24) is 20.6 Å². The molecule has 8 aromatic rings. The molecule has 29 heteroatoms. The van der Waals surface area contributed by atoms with E-state index in [1.54, 1.807) is 74.2 Å². The van der Waals surface area contributed by atoms with Crippen LogP contribution in [0, 0.1) is 28.2 Å². The fraction of sp³-hybridized carbons (Fsp3) is 0.512. The van der Waals surface area contributed by atoms with Crippen molar-refractivity contribution in [2.75, 3.05) is 75.7 Å². The van der Waals surface area contributed by atoms with Gasteiger partial charge in [0, 0.05) is 38.3 Å². The first-order valence-corrected chi connectivity index (χ1v) is 46.2. The number of amides is 2. The smallest absolute Gasteiger partial charge is 0.454 e. The van der Waals surface area contributed by atoms with Crippen LogP contribution in [0.25, 0.3) is 56.0 Å². The topological polar surface area (TPSA) is 337 Å². The van der Waals surface area contributed by atoms with Crippen LogP contribution in [0.15, 0.2) is 112 Å². The van der Waals surface area contributed by atoms with Crippen molar-refractivity contribution in [1.29, 1.82) is 0 Å². The van der Waals surface area contributed by atoms with Gasteiger partial charge in [-0.05, 0) is 206 Å². The first kappa shape index (κ1) is 91.2. The van der Waals surface area contributed by atoms with Crippen molar-refractivity contribution >= 4 is 121 Å². The van der Waals surface area contributed by atoms with E-state index in [-0.39, 0.29) is 107 Å². The van der Waals surface area contributed by atoms with E-state index >= 15 is 0 Å². The number of nitrogens with zero attached hydrogens (tertiary/aromatic N) is 4. The summed E-state index contributed by atoms with van der Waals surface area (Å²) in [5.74, 6) is 1.55. The maximum absolute atomic E-state index is 13.1. The number of hydrogen-bond acceptors (Lipinski definition) is 20. The molecule has 0 bridgehead atoms. The maximum atomic E-state index is 13.1. The summed E-state index contributed by atoms with van der Waals surface area (Å²) in [7, 11) is -2.16. The third-order valence-electron chi connectivity index (χ3n) is 21.9. The number of aryl methyl sites for hydroxylation is 2. The summed E-state index contributed by atoms with van der Waals surface area (Å²) < 4.78 is 88.6.